The number of hydrogen-bond acceptors (Lipinski definition) is 4. The first-order valence-corrected chi connectivity index (χ1v) is 7.15. The zero-order valence-corrected chi connectivity index (χ0v) is 12.1. The number of methoxy groups -OCH3 is 1. The topological polar surface area (TPSA) is 39.7 Å². The molecule has 1 aliphatic rings. The fraction of sp³-hybridized carbons (Fsp3) is 1.00. The number of nitrogens with one attached hydrogen (secondary N) is 1. The van der Waals surface area contributed by atoms with Crippen molar-refractivity contribution >= 4 is 0 Å². The van der Waals surface area contributed by atoms with E-state index in [1.54, 1.807) is 7.11 Å². The van der Waals surface area contributed by atoms with Crippen LogP contribution in [0.4, 0.5) is 0 Å². The lowest BCUT2D eigenvalue weighted by atomic mass is 10.1. The molecule has 0 aromatic heterocycles. The minimum Gasteiger partial charge on any atom is -0.382 e. The Morgan fingerprint density at radius 1 is 1.28 bits per heavy atom. The van der Waals surface area contributed by atoms with Gasteiger partial charge in [-0.05, 0) is 31.7 Å². The van der Waals surface area contributed by atoms with Crippen molar-refractivity contribution in [3.63, 3.8) is 0 Å². The lowest BCUT2D eigenvalue weighted by molar-refractivity contribution is -0.0766. The SMILES string of the molecule is COCC(CNCC(C)C)OCC1CCCCO1. The van der Waals surface area contributed by atoms with E-state index in [-0.39, 0.29) is 12.2 Å². The second-order valence-corrected chi connectivity index (χ2v) is 5.45. The van der Waals surface area contributed by atoms with Crippen LogP contribution < -0.4 is 5.32 Å². The van der Waals surface area contributed by atoms with Crippen LogP contribution in [0.5, 0.6) is 0 Å². The molecule has 0 radical (unpaired) electrons. The highest BCUT2D eigenvalue weighted by atomic mass is 16.6. The van der Waals surface area contributed by atoms with Crippen molar-refractivity contribution in [3.05, 3.63) is 0 Å². The molecule has 2 unspecified atom stereocenters. The van der Waals surface area contributed by atoms with Gasteiger partial charge in [-0.2, -0.15) is 0 Å². The minimum atomic E-state index is 0.124. The normalized spacial score (nSPS) is 22.3. The van der Waals surface area contributed by atoms with Crippen LogP contribution in [0.25, 0.3) is 0 Å². The minimum absolute atomic E-state index is 0.124. The van der Waals surface area contributed by atoms with Gasteiger partial charge in [0.25, 0.3) is 0 Å². The smallest absolute Gasteiger partial charge is 0.0933 e. The van der Waals surface area contributed by atoms with Crippen molar-refractivity contribution in [2.24, 2.45) is 5.92 Å². The van der Waals surface area contributed by atoms with Crippen LogP contribution in [0.15, 0.2) is 0 Å². The monoisotopic (exact) mass is 259 g/mol. The molecule has 1 heterocycles. The average molecular weight is 259 g/mol. The van der Waals surface area contributed by atoms with E-state index in [4.69, 9.17) is 14.2 Å². The van der Waals surface area contributed by atoms with Crippen LogP contribution in [-0.2, 0) is 14.2 Å². The maximum atomic E-state index is 5.89. The first-order chi connectivity index (χ1) is 8.72. The van der Waals surface area contributed by atoms with Gasteiger partial charge in [-0.3, -0.25) is 0 Å². The third-order valence-electron chi connectivity index (χ3n) is 3.07. The molecule has 4 heteroatoms. The second kappa shape index (κ2) is 9.73. The van der Waals surface area contributed by atoms with Crippen LogP contribution in [0.2, 0.25) is 0 Å². The summed E-state index contributed by atoms with van der Waals surface area (Å²) in [6, 6.07) is 0. The first kappa shape index (κ1) is 15.9. The molecule has 0 bridgehead atoms. The summed E-state index contributed by atoms with van der Waals surface area (Å²) in [5.41, 5.74) is 0. The molecule has 1 aliphatic heterocycles. The second-order valence-electron chi connectivity index (χ2n) is 5.45. The van der Waals surface area contributed by atoms with Gasteiger partial charge in [-0.15, -0.1) is 0 Å². The largest absolute Gasteiger partial charge is 0.382 e. The van der Waals surface area contributed by atoms with Crippen LogP contribution in [0, 0.1) is 5.92 Å². The molecule has 0 spiro atoms. The summed E-state index contributed by atoms with van der Waals surface area (Å²) >= 11 is 0. The van der Waals surface area contributed by atoms with Gasteiger partial charge in [-0.1, -0.05) is 13.8 Å². The Labute approximate surface area is 111 Å². The summed E-state index contributed by atoms with van der Waals surface area (Å²) in [5, 5.41) is 3.41. The Kier molecular flexibility index (Phi) is 8.59. The van der Waals surface area contributed by atoms with Gasteiger partial charge in [0, 0.05) is 20.3 Å². The molecule has 1 saturated heterocycles. The predicted molar refractivity (Wildman–Crippen MR) is 72.9 cm³/mol. The molecule has 0 aromatic carbocycles. The van der Waals surface area contributed by atoms with Crippen molar-refractivity contribution in [3.8, 4) is 0 Å². The van der Waals surface area contributed by atoms with Crippen LogP contribution in [0.1, 0.15) is 33.1 Å². The Bertz CT molecular complexity index is 193. The molecule has 18 heavy (non-hydrogen) atoms. The Morgan fingerprint density at radius 2 is 2.11 bits per heavy atom. The zero-order valence-electron chi connectivity index (χ0n) is 12.1. The molecule has 0 aromatic rings. The van der Waals surface area contributed by atoms with Crippen molar-refractivity contribution in [2.45, 2.75) is 45.3 Å². The molecule has 1 N–H and O–H groups in total. The van der Waals surface area contributed by atoms with E-state index in [2.05, 4.69) is 19.2 Å². The highest BCUT2D eigenvalue weighted by molar-refractivity contribution is 4.67. The summed E-state index contributed by atoms with van der Waals surface area (Å²) in [4.78, 5) is 0. The first-order valence-electron chi connectivity index (χ1n) is 7.15. The summed E-state index contributed by atoms with van der Waals surface area (Å²) in [6.45, 7) is 8.48. The van der Waals surface area contributed by atoms with E-state index in [9.17, 15) is 0 Å². The van der Waals surface area contributed by atoms with Crippen molar-refractivity contribution in [2.75, 3.05) is 40.0 Å². The summed E-state index contributed by atoms with van der Waals surface area (Å²) in [6.07, 6.45) is 3.98. The summed E-state index contributed by atoms with van der Waals surface area (Å²) < 4.78 is 16.7. The van der Waals surface area contributed by atoms with Crippen LogP contribution >= 0.6 is 0 Å². The maximum Gasteiger partial charge on any atom is 0.0933 e. The quantitative estimate of drug-likeness (QED) is 0.686. The third-order valence-corrected chi connectivity index (χ3v) is 3.07. The van der Waals surface area contributed by atoms with Gasteiger partial charge >= 0.3 is 0 Å². The van der Waals surface area contributed by atoms with E-state index in [0.717, 1.165) is 26.1 Å². The standard InChI is InChI=1S/C14H29NO3/c1-12(2)8-15-9-14(10-16-3)18-11-13-6-4-5-7-17-13/h12-15H,4-11H2,1-3H3. The third kappa shape index (κ3) is 7.31. The number of ether oxygens (including phenoxy) is 3. The lowest BCUT2D eigenvalue weighted by Gasteiger charge is -2.25. The van der Waals surface area contributed by atoms with Gasteiger partial charge in [-0.25, -0.2) is 0 Å². The maximum absolute atomic E-state index is 5.89. The average Bonchev–Trinajstić information content (AvgIpc) is 2.37. The molecule has 0 amide bonds. The Morgan fingerprint density at radius 3 is 2.72 bits per heavy atom. The van der Waals surface area contributed by atoms with E-state index < -0.39 is 0 Å². The highest BCUT2D eigenvalue weighted by Gasteiger charge is 2.17. The van der Waals surface area contributed by atoms with Crippen molar-refractivity contribution in [1.29, 1.82) is 0 Å². The molecule has 4 nitrogen and oxygen atoms in total. The van der Waals surface area contributed by atoms with E-state index in [1.807, 2.05) is 0 Å². The Hall–Kier alpha value is -0.160. The van der Waals surface area contributed by atoms with Crippen LogP contribution in [0.3, 0.4) is 0 Å². The Balaban J connectivity index is 2.15. The van der Waals surface area contributed by atoms with Crippen molar-refractivity contribution in [1.82, 2.24) is 5.32 Å². The zero-order chi connectivity index (χ0) is 13.2. The number of hydrogen-bond donors (Lipinski definition) is 1. The molecule has 2 atom stereocenters. The molecule has 1 fully saturated rings. The molecule has 0 aliphatic carbocycles. The molecule has 1 rings (SSSR count). The fourth-order valence-corrected chi connectivity index (χ4v) is 2.07. The van der Waals surface area contributed by atoms with E-state index in [1.165, 1.54) is 12.8 Å². The summed E-state index contributed by atoms with van der Waals surface area (Å²) in [5.74, 6) is 0.662. The van der Waals surface area contributed by atoms with Gasteiger partial charge in [0.1, 0.15) is 0 Å². The molecular formula is C14H29NO3. The van der Waals surface area contributed by atoms with Gasteiger partial charge in [0.05, 0.1) is 25.4 Å². The van der Waals surface area contributed by atoms with Crippen molar-refractivity contribution < 1.29 is 14.2 Å². The molecule has 108 valence electrons. The van der Waals surface area contributed by atoms with Gasteiger partial charge < -0.3 is 19.5 Å². The van der Waals surface area contributed by atoms with E-state index in [0.29, 0.717) is 19.1 Å². The van der Waals surface area contributed by atoms with Crippen LogP contribution in [-0.4, -0.2) is 52.2 Å². The van der Waals surface area contributed by atoms with Gasteiger partial charge in [0.2, 0.25) is 0 Å². The van der Waals surface area contributed by atoms with E-state index >= 15 is 0 Å². The molecular weight excluding hydrogens is 230 g/mol. The lowest BCUT2D eigenvalue weighted by Crippen LogP contribution is -2.37. The van der Waals surface area contributed by atoms with Gasteiger partial charge in [0.15, 0.2) is 0 Å². The fourth-order valence-electron chi connectivity index (χ4n) is 2.07. The summed E-state index contributed by atoms with van der Waals surface area (Å²) in [7, 11) is 1.72. The predicted octanol–water partition coefficient (Wildman–Crippen LogP) is 1.83. The highest BCUT2D eigenvalue weighted by Crippen LogP contribution is 2.13. The number of rotatable bonds is 9. The molecule has 0 saturated carbocycles.